The molecule has 2 aromatic rings. The Labute approximate surface area is 128 Å². The summed E-state index contributed by atoms with van der Waals surface area (Å²) in [5.74, 6) is 0. The van der Waals surface area contributed by atoms with Crippen LogP contribution in [-0.2, 0) is 22.9 Å². The molecule has 0 unspecified atom stereocenters. The fraction of sp³-hybridized carbons (Fsp3) is 0.357. The topological polar surface area (TPSA) is 85.1 Å². The minimum Gasteiger partial charge on any atom is -0.398 e. The Morgan fingerprint density at radius 1 is 1.29 bits per heavy atom. The monoisotopic (exact) mass is 323 g/mol. The van der Waals surface area contributed by atoms with Crippen LogP contribution in [0.1, 0.15) is 29.0 Å². The maximum atomic E-state index is 12.4. The van der Waals surface area contributed by atoms with E-state index in [0.29, 0.717) is 5.13 Å². The van der Waals surface area contributed by atoms with Crippen molar-refractivity contribution in [2.75, 3.05) is 10.5 Å². The molecular weight excluding hydrogens is 306 g/mol. The van der Waals surface area contributed by atoms with E-state index in [9.17, 15) is 8.42 Å². The molecule has 0 radical (unpaired) electrons. The van der Waals surface area contributed by atoms with E-state index >= 15 is 0 Å². The quantitative estimate of drug-likeness (QED) is 0.851. The van der Waals surface area contributed by atoms with Gasteiger partial charge in [-0.3, -0.25) is 4.72 Å². The molecule has 1 aromatic carbocycles. The zero-order valence-corrected chi connectivity index (χ0v) is 13.4. The number of fused-ring (bicyclic) bond motifs is 1. The van der Waals surface area contributed by atoms with Crippen LogP contribution in [0.2, 0.25) is 0 Å². The highest BCUT2D eigenvalue weighted by atomic mass is 32.2. The smallest absolute Gasteiger partial charge is 0.265 e. The van der Waals surface area contributed by atoms with Crippen LogP contribution >= 0.6 is 11.3 Å². The summed E-state index contributed by atoms with van der Waals surface area (Å²) in [6.45, 7) is 1.87. The molecule has 1 aliphatic carbocycles. The highest BCUT2D eigenvalue weighted by Crippen LogP contribution is 2.31. The summed E-state index contributed by atoms with van der Waals surface area (Å²) in [6, 6.07) is 4.92. The van der Waals surface area contributed by atoms with Crippen molar-refractivity contribution in [2.24, 2.45) is 0 Å². The molecule has 0 spiro atoms. The molecule has 21 heavy (non-hydrogen) atoms. The third-order valence-corrected chi connectivity index (χ3v) is 6.14. The Kier molecular flexibility index (Phi) is 3.62. The predicted octanol–water partition coefficient (Wildman–Crippen LogP) is 2.71. The van der Waals surface area contributed by atoms with E-state index < -0.39 is 10.0 Å². The van der Waals surface area contributed by atoms with Gasteiger partial charge in [-0.1, -0.05) is 6.07 Å². The number of hydrogen-bond donors (Lipinski definition) is 2. The number of nitrogens with zero attached hydrogens (tertiary/aromatic N) is 1. The second-order valence-corrected chi connectivity index (χ2v) is 7.98. The van der Waals surface area contributed by atoms with E-state index in [1.807, 2.05) is 6.92 Å². The third-order valence-electron chi connectivity index (χ3n) is 3.52. The molecule has 0 saturated carbocycles. The average molecular weight is 323 g/mol. The van der Waals surface area contributed by atoms with Crippen LogP contribution in [0, 0.1) is 6.92 Å². The van der Waals surface area contributed by atoms with Crippen LogP contribution in [0.4, 0.5) is 10.8 Å². The highest BCUT2D eigenvalue weighted by Gasteiger charge is 2.21. The van der Waals surface area contributed by atoms with Gasteiger partial charge in [0.2, 0.25) is 0 Å². The van der Waals surface area contributed by atoms with Gasteiger partial charge >= 0.3 is 0 Å². The molecule has 0 aliphatic heterocycles. The van der Waals surface area contributed by atoms with E-state index in [1.165, 1.54) is 22.3 Å². The molecule has 7 heteroatoms. The Bertz CT molecular complexity index is 758. The van der Waals surface area contributed by atoms with Crippen molar-refractivity contribution in [3.8, 4) is 0 Å². The SMILES string of the molecule is Cc1ccc(S(=O)(=O)Nc2nc3c(s2)CCCC3)c(N)c1. The van der Waals surface area contributed by atoms with Crippen LogP contribution in [0.5, 0.6) is 0 Å². The van der Waals surface area contributed by atoms with Crippen molar-refractivity contribution >= 4 is 32.2 Å². The Morgan fingerprint density at radius 2 is 2.05 bits per heavy atom. The summed E-state index contributed by atoms with van der Waals surface area (Å²) < 4.78 is 27.4. The lowest BCUT2D eigenvalue weighted by molar-refractivity contribution is 0.601. The van der Waals surface area contributed by atoms with E-state index in [4.69, 9.17) is 5.73 Å². The Morgan fingerprint density at radius 3 is 2.76 bits per heavy atom. The average Bonchev–Trinajstić information content (AvgIpc) is 2.79. The maximum Gasteiger partial charge on any atom is 0.265 e. The molecule has 1 aromatic heterocycles. The van der Waals surface area contributed by atoms with Crippen molar-refractivity contribution in [3.05, 3.63) is 34.3 Å². The number of aromatic nitrogens is 1. The third kappa shape index (κ3) is 2.89. The number of hydrogen-bond acceptors (Lipinski definition) is 5. The summed E-state index contributed by atoms with van der Waals surface area (Å²) in [4.78, 5) is 5.69. The van der Waals surface area contributed by atoms with Gasteiger partial charge in [-0.15, -0.1) is 11.3 Å². The normalized spacial score (nSPS) is 14.7. The molecule has 5 nitrogen and oxygen atoms in total. The second-order valence-electron chi connectivity index (χ2n) is 5.24. The fourth-order valence-corrected chi connectivity index (χ4v) is 4.88. The van der Waals surface area contributed by atoms with Crippen molar-refractivity contribution in [2.45, 2.75) is 37.5 Å². The van der Waals surface area contributed by atoms with Gasteiger partial charge in [-0.05, 0) is 50.3 Å². The lowest BCUT2D eigenvalue weighted by Crippen LogP contribution is -2.14. The van der Waals surface area contributed by atoms with Gasteiger partial charge in [0.15, 0.2) is 5.13 Å². The molecule has 0 fully saturated rings. The number of anilines is 2. The number of benzene rings is 1. The predicted molar refractivity (Wildman–Crippen MR) is 85.2 cm³/mol. The highest BCUT2D eigenvalue weighted by molar-refractivity contribution is 7.93. The van der Waals surface area contributed by atoms with Crippen LogP contribution in [0.25, 0.3) is 0 Å². The van der Waals surface area contributed by atoms with Gasteiger partial charge in [-0.25, -0.2) is 13.4 Å². The number of rotatable bonds is 3. The molecule has 0 atom stereocenters. The fourth-order valence-electron chi connectivity index (χ4n) is 2.48. The van der Waals surface area contributed by atoms with Gasteiger partial charge in [0.05, 0.1) is 11.4 Å². The first-order valence-corrected chi connectivity index (χ1v) is 9.13. The Balaban J connectivity index is 1.90. The molecule has 112 valence electrons. The standard InChI is InChI=1S/C14H17N3O2S2/c1-9-6-7-13(10(15)8-9)21(18,19)17-14-16-11-4-2-3-5-12(11)20-14/h6-8H,2-5,15H2,1H3,(H,16,17). The molecule has 3 N–H and O–H groups in total. The zero-order chi connectivity index (χ0) is 15.0. The second kappa shape index (κ2) is 5.31. The lowest BCUT2D eigenvalue weighted by Gasteiger charge is -2.08. The van der Waals surface area contributed by atoms with Gasteiger partial charge in [0.25, 0.3) is 10.0 Å². The molecule has 0 amide bonds. The van der Waals surface area contributed by atoms with Crippen molar-refractivity contribution in [1.29, 1.82) is 0 Å². The number of nitrogens with one attached hydrogen (secondary N) is 1. The van der Waals surface area contributed by atoms with Crippen molar-refractivity contribution < 1.29 is 8.42 Å². The largest absolute Gasteiger partial charge is 0.398 e. The number of nitrogen functional groups attached to an aromatic ring is 1. The summed E-state index contributed by atoms with van der Waals surface area (Å²) in [6.07, 6.45) is 4.18. The van der Waals surface area contributed by atoms with E-state index in [0.717, 1.165) is 36.9 Å². The lowest BCUT2D eigenvalue weighted by atomic mass is 10.0. The number of sulfonamides is 1. The summed E-state index contributed by atoms with van der Waals surface area (Å²) >= 11 is 1.42. The first-order valence-electron chi connectivity index (χ1n) is 6.83. The molecule has 0 bridgehead atoms. The molecule has 1 aliphatic rings. The molecule has 1 heterocycles. The molecule has 3 rings (SSSR count). The van der Waals surface area contributed by atoms with Gasteiger partial charge < -0.3 is 5.73 Å². The van der Waals surface area contributed by atoms with Crippen molar-refractivity contribution in [3.63, 3.8) is 0 Å². The van der Waals surface area contributed by atoms with Crippen LogP contribution in [0.15, 0.2) is 23.1 Å². The van der Waals surface area contributed by atoms with E-state index in [1.54, 1.807) is 12.1 Å². The first kappa shape index (κ1) is 14.3. The molecular formula is C14H17N3O2S2. The number of thiazole rings is 1. The Hall–Kier alpha value is -1.60. The van der Waals surface area contributed by atoms with Crippen LogP contribution in [0.3, 0.4) is 0 Å². The van der Waals surface area contributed by atoms with Crippen LogP contribution in [-0.4, -0.2) is 13.4 Å². The summed E-state index contributed by atoms with van der Waals surface area (Å²) in [5.41, 5.74) is 8.03. The number of aryl methyl sites for hydroxylation is 3. The van der Waals surface area contributed by atoms with Crippen LogP contribution < -0.4 is 10.5 Å². The first-order chi connectivity index (χ1) is 9.95. The number of nitrogens with two attached hydrogens (primary N) is 1. The summed E-state index contributed by atoms with van der Waals surface area (Å²) in [7, 11) is -3.69. The van der Waals surface area contributed by atoms with E-state index in [2.05, 4.69) is 9.71 Å². The minimum atomic E-state index is -3.69. The summed E-state index contributed by atoms with van der Waals surface area (Å²) in [5, 5.41) is 0.432. The molecule has 0 saturated heterocycles. The van der Waals surface area contributed by atoms with Crippen molar-refractivity contribution in [1.82, 2.24) is 4.98 Å². The minimum absolute atomic E-state index is 0.0984. The maximum absolute atomic E-state index is 12.4. The van der Waals surface area contributed by atoms with E-state index in [-0.39, 0.29) is 10.6 Å². The van der Waals surface area contributed by atoms with Gasteiger partial charge in [-0.2, -0.15) is 0 Å². The van der Waals surface area contributed by atoms with Gasteiger partial charge in [0, 0.05) is 4.88 Å². The zero-order valence-electron chi connectivity index (χ0n) is 11.7. The van der Waals surface area contributed by atoms with Gasteiger partial charge in [0.1, 0.15) is 4.90 Å².